The van der Waals surface area contributed by atoms with Crippen LogP contribution < -0.4 is 10.6 Å². The van der Waals surface area contributed by atoms with Gasteiger partial charge in [-0.15, -0.1) is 0 Å². The van der Waals surface area contributed by atoms with Gasteiger partial charge < -0.3 is 10.6 Å². The van der Waals surface area contributed by atoms with Crippen molar-refractivity contribution in [1.29, 1.82) is 0 Å². The Hall–Kier alpha value is -2.64. The summed E-state index contributed by atoms with van der Waals surface area (Å²) in [4.78, 5) is 15.7. The van der Waals surface area contributed by atoms with Crippen molar-refractivity contribution in [3.63, 3.8) is 0 Å². The van der Waals surface area contributed by atoms with Gasteiger partial charge in [0.15, 0.2) is 0 Å². The third kappa shape index (κ3) is 4.43. The molecule has 0 spiro atoms. The van der Waals surface area contributed by atoms with Crippen LogP contribution in [0.2, 0.25) is 0 Å². The number of nitrogens with zero attached hydrogens (tertiary/aromatic N) is 1. The number of urea groups is 1. The van der Waals surface area contributed by atoms with E-state index in [0.29, 0.717) is 11.3 Å². The highest BCUT2D eigenvalue weighted by Crippen LogP contribution is 2.25. The Kier molecular flexibility index (Phi) is 5.38. The molecule has 0 radical (unpaired) electrons. The van der Waals surface area contributed by atoms with Crippen LogP contribution in [0.5, 0.6) is 0 Å². The third-order valence-corrected chi connectivity index (χ3v) is 3.28. The van der Waals surface area contributed by atoms with Gasteiger partial charge in [-0.25, -0.2) is 13.6 Å². The third-order valence-electron chi connectivity index (χ3n) is 3.28. The topological polar surface area (TPSA) is 54.0 Å². The minimum atomic E-state index is -4.27. The number of nitrogens with one attached hydrogen (secondary N) is 2. The van der Waals surface area contributed by atoms with Gasteiger partial charge in [0, 0.05) is 23.6 Å². The maximum atomic E-state index is 12.8. The molecule has 2 aromatic rings. The molecule has 0 aliphatic heterocycles. The Morgan fingerprint density at radius 2 is 2.00 bits per heavy atom. The molecular formula is C16H15F4N3O. The van der Waals surface area contributed by atoms with Gasteiger partial charge in [0.1, 0.15) is 0 Å². The number of aryl methyl sites for hydroxylation is 1. The Labute approximate surface area is 135 Å². The number of benzene rings is 1. The lowest BCUT2D eigenvalue weighted by molar-refractivity contribution is -0.123. The maximum absolute atomic E-state index is 12.8. The molecule has 2 amide bonds. The van der Waals surface area contributed by atoms with E-state index in [1.54, 1.807) is 42.8 Å². The predicted octanol–water partition coefficient (Wildman–Crippen LogP) is 4.08. The van der Waals surface area contributed by atoms with E-state index in [9.17, 15) is 22.4 Å². The summed E-state index contributed by atoms with van der Waals surface area (Å²) in [7, 11) is 0. The number of rotatable bonds is 5. The lowest BCUT2D eigenvalue weighted by Crippen LogP contribution is -2.43. The summed E-state index contributed by atoms with van der Waals surface area (Å²) >= 11 is 0. The fourth-order valence-corrected chi connectivity index (χ4v) is 1.91. The number of pyridine rings is 1. The molecule has 0 atom stereocenters. The van der Waals surface area contributed by atoms with E-state index in [2.05, 4.69) is 10.3 Å². The first kappa shape index (κ1) is 17.7. The van der Waals surface area contributed by atoms with Gasteiger partial charge in [0.05, 0.1) is 6.54 Å². The predicted molar refractivity (Wildman–Crippen MR) is 82.4 cm³/mol. The number of anilines is 1. The molecule has 1 heterocycles. The highest BCUT2D eigenvalue weighted by Gasteiger charge is 2.40. The quantitative estimate of drug-likeness (QED) is 0.805. The van der Waals surface area contributed by atoms with Crippen LogP contribution in [-0.2, 0) is 0 Å². The average molecular weight is 341 g/mol. The Morgan fingerprint density at radius 3 is 2.62 bits per heavy atom. The largest absolute Gasteiger partial charge is 0.332 e. The second-order valence-electron chi connectivity index (χ2n) is 5.14. The van der Waals surface area contributed by atoms with Gasteiger partial charge in [-0.05, 0) is 30.2 Å². The van der Waals surface area contributed by atoms with E-state index in [1.807, 2.05) is 12.1 Å². The van der Waals surface area contributed by atoms with Crippen molar-refractivity contribution in [2.45, 2.75) is 19.3 Å². The number of halogens is 4. The van der Waals surface area contributed by atoms with Gasteiger partial charge in [-0.3, -0.25) is 4.98 Å². The van der Waals surface area contributed by atoms with Gasteiger partial charge in [-0.1, -0.05) is 18.2 Å². The number of hydrogen-bond acceptors (Lipinski definition) is 2. The van der Waals surface area contributed by atoms with Crippen molar-refractivity contribution in [3.05, 3.63) is 48.3 Å². The number of aromatic nitrogens is 1. The SMILES string of the molecule is Cc1ccc(-c2cccnc2)cc1NC(=O)NCC(F)(F)C(F)F. The molecule has 0 saturated carbocycles. The molecule has 4 nitrogen and oxygen atoms in total. The molecule has 0 aliphatic carbocycles. The summed E-state index contributed by atoms with van der Waals surface area (Å²) in [6, 6.07) is 7.80. The molecule has 0 unspecified atom stereocenters. The molecule has 0 fully saturated rings. The molecule has 0 bridgehead atoms. The van der Waals surface area contributed by atoms with Gasteiger partial charge in [0.2, 0.25) is 0 Å². The smallest absolute Gasteiger partial charge is 0.324 e. The zero-order valence-corrected chi connectivity index (χ0v) is 12.7. The number of amides is 2. The van der Waals surface area contributed by atoms with Crippen LogP contribution in [0.15, 0.2) is 42.7 Å². The van der Waals surface area contributed by atoms with Crippen LogP contribution in [0, 0.1) is 6.92 Å². The van der Waals surface area contributed by atoms with E-state index in [0.717, 1.165) is 11.1 Å². The van der Waals surface area contributed by atoms with Crippen molar-refractivity contribution in [2.75, 3.05) is 11.9 Å². The van der Waals surface area contributed by atoms with E-state index in [-0.39, 0.29) is 0 Å². The minimum Gasteiger partial charge on any atom is -0.332 e. The maximum Gasteiger partial charge on any atom is 0.324 e. The Bertz CT molecular complexity index is 708. The fourth-order valence-electron chi connectivity index (χ4n) is 1.91. The summed E-state index contributed by atoms with van der Waals surface area (Å²) in [5.74, 6) is -4.27. The molecular weight excluding hydrogens is 326 g/mol. The van der Waals surface area contributed by atoms with E-state index in [1.165, 1.54) is 0 Å². The lowest BCUT2D eigenvalue weighted by atomic mass is 10.0. The van der Waals surface area contributed by atoms with E-state index < -0.39 is 24.9 Å². The normalized spacial score (nSPS) is 11.4. The first-order valence-electron chi connectivity index (χ1n) is 7.01. The van der Waals surface area contributed by atoms with E-state index in [4.69, 9.17) is 0 Å². The molecule has 1 aromatic carbocycles. The fraction of sp³-hybridized carbons (Fsp3) is 0.250. The minimum absolute atomic E-state index is 0.384. The van der Waals surface area contributed by atoms with Crippen LogP contribution in [0.3, 0.4) is 0 Å². The van der Waals surface area contributed by atoms with Crippen LogP contribution in [0.4, 0.5) is 28.0 Å². The van der Waals surface area contributed by atoms with Crippen LogP contribution >= 0.6 is 0 Å². The van der Waals surface area contributed by atoms with Gasteiger partial charge >= 0.3 is 18.4 Å². The summed E-state index contributed by atoms with van der Waals surface area (Å²) in [6.07, 6.45) is -0.584. The van der Waals surface area contributed by atoms with Gasteiger partial charge in [-0.2, -0.15) is 8.78 Å². The molecule has 2 N–H and O–H groups in total. The number of alkyl halides is 4. The summed E-state index contributed by atoms with van der Waals surface area (Å²) in [5, 5.41) is 4.13. The molecule has 128 valence electrons. The van der Waals surface area contributed by atoms with E-state index >= 15 is 0 Å². The monoisotopic (exact) mass is 341 g/mol. The van der Waals surface area contributed by atoms with Crippen molar-refractivity contribution in [3.8, 4) is 11.1 Å². The zero-order chi connectivity index (χ0) is 17.7. The number of carbonyl (C=O) groups is 1. The molecule has 0 saturated heterocycles. The van der Waals surface area contributed by atoms with Crippen molar-refractivity contribution < 1.29 is 22.4 Å². The summed E-state index contributed by atoms with van der Waals surface area (Å²) in [6.45, 7) is 0.272. The van der Waals surface area contributed by atoms with Gasteiger partial charge in [0.25, 0.3) is 0 Å². The highest BCUT2D eigenvalue weighted by molar-refractivity contribution is 5.91. The van der Waals surface area contributed by atoms with Crippen LogP contribution in [0.1, 0.15) is 5.56 Å². The Balaban J connectivity index is 2.08. The first-order chi connectivity index (χ1) is 11.3. The second kappa shape index (κ2) is 7.29. The Morgan fingerprint density at radius 1 is 1.25 bits per heavy atom. The summed E-state index contributed by atoms with van der Waals surface area (Å²) < 4.78 is 49.8. The summed E-state index contributed by atoms with van der Waals surface area (Å²) in [5.41, 5.74) is 2.65. The molecule has 0 aliphatic rings. The lowest BCUT2D eigenvalue weighted by Gasteiger charge is -2.17. The molecule has 2 rings (SSSR count). The molecule has 8 heteroatoms. The zero-order valence-electron chi connectivity index (χ0n) is 12.7. The average Bonchev–Trinajstić information content (AvgIpc) is 2.56. The highest BCUT2D eigenvalue weighted by atomic mass is 19.3. The van der Waals surface area contributed by atoms with Crippen molar-refractivity contribution >= 4 is 11.7 Å². The number of hydrogen-bond donors (Lipinski definition) is 2. The standard InChI is InChI=1S/C16H15F4N3O/c1-10-4-5-11(12-3-2-6-21-8-12)7-13(10)23-15(24)22-9-16(19,20)14(17)18/h2-8,14H,9H2,1H3,(H2,22,23,24). The number of carbonyl (C=O) groups excluding carboxylic acids is 1. The molecule has 1 aromatic heterocycles. The second-order valence-corrected chi connectivity index (χ2v) is 5.14. The molecule has 24 heavy (non-hydrogen) atoms. The first-order valence-corrected chi connectivity index (χ1v) is 7.01. The van der Waals surface area contributed by atoms with Crippen molar-refractivity contribution in [2.24, 2.45) is 0 Å². The van der Waals surface area contributed by atoms with Crippen molar-refractivity contribution in [1.82, 2.24) is 10.3 Å². The van der Waals surface area contributed by atoms with Crippen LogP contribution in [-0.4, -0.2) is 29.9 Å². The van der Waals surface area contributed by atoms with Crippen LogP contribution in [0.25, 0.3) is 11.1 Å².